The molecule has 0 radical (unpaired) electrons. The number of nitro groups is 1. The molecule has 2 rings (SSSR count). The molecule has 0 saturated carbocycles. The molecule has 10 nitrogen and oxygen atoms in total. The van der Waals surface area contributed by atoms with E-state index < -0.39 is 38.4 Å². The van der Waals surface area contributed by atoms with Crippen LogP contribution >= 0.6 is 0 Å². The van der Waals surface area contributed by atoms with Crippen LogP contribution in [-0.2, 0) is 14.8 Å². The number of nitrogens with two attached hydrogens (primary N) is 1. The number of hydrogen-bond donors (Lipinski definition) is 1. The highest BCUT2D eigenvalue weighted by Gasteiger charge is 2.32. The van der Waals surface area contributed by atoms with Gasteiger partial charge < -0.3 is 14.4 Å². The monoisotopic (exact) mass is 387 g/mol. The van der Waals surface area contributed by atoms with Crippen molar-refractivity contribution in [2.45, 2.75) is 43.8 Å². The van der Waals surface area contributed by atoms with Crippen molar-refractivity contribution < 1.29 is 27.6 Å². The molecular weight excluding hydrogens is 366 g/mol. The van der Waals surface area contributed by atoms with Crippen molar-refractivity contribution in [2.24, 2.45) is 5.14 Å². The van der Waals surface area contributed by atoms with Crippen molar-refractivity contribution >= 4 is 21.8 Å². The van der Waals surface area contributed by atoms with Crippen LogP contribution < -0.4 is 9.88 Å². The minimum Gasteiger partial charge on any atom is -0.482 e. The number of likely N-dealkylation sites (tertiary alicyclic amines) is 1. The maximum atomic E-state index is 12.0. The van der Waals surface area contributed by atoms with E-state index in [1.807, 2.05) is 0 Å². The molecule has 1 atom stereocenters. The fourth-order valence-electron chi connectivity index (χ4n) is 2.41. The molecule has 1 aromatic rings. The molecule has 0 spiro atoms. The summed E-state index contributed by atoms with van der Waals surface area (Å²) in [6.07, 6.45) is -0.489. The summed E-state index contributed by atoms with van der Waals surface area (Å²) in [4.78, 5) is 23.6. The lowest BCUT2D eigenvalue weighted by Gasteiger charge is -2.24. The number of benzene rings is 1. The van der Waals surface area contributed by atoms with Gasteiger partial charge in [0.05, 0.1) is 16.4 Å². The van der Waals surface area contributed by atoms with E-state index in [9.17, 15) is 23.3 Å². The SMILES string of the molecule is CC(C)(C)OC(=O)N1CC[C@@H](Oc2ccc(S(N)(=O)=O)cc2[N+](=O)[O-])C1. The molecule has 1 heterocycles. The van der Waals surface area contributed by atoms with Crippen LogP contribution in [0, 0.1) is 10.1 Å². The van der Waals surface area contributed by atoms with Gasteiger partial charge in [-0.05, 0) is 32.9 Å². The second-order valence-corrected chi connectivity index (χ2v) is 8.45. The summed E-state index contributed by atoms with van der Waals surface area (Å²) in [5.74, 6) is -0.0848. The highest BCUT2D eigenvalue weighted by molar-refractivity contribution is 7.89. The molecule has 0 unspecified atom stereocenters. The second kappa shape index (κ2) is 7.08. The third-order valence-corrected chi connectivity index (χ3v) is 4.46. The number of nitrogens with zero attached hydrogens (tertiary/aromatic N) is 2. The molecule has 0 bridgehead atoms. The molecule has 11 heteroatoms. The molecule has 1 amide bonds. The summed E-state index contributed by atoms with van der Waals surface area (Å²) in [5, 5.41) is 16.2. The van der Waals surface area contributed by atoms with Crippen molar-refractivity contribution in [1.82, 2.24) is 4.90 Å². The minimum absolute atomic E-state index is 0.0848. The number of rotatable bonds is 4. The van der Waals surface area contributed by atoms with E-state index in [0.29, 0.717) is 13.0 Å². The van der Waals surface area contributed by atoms with Gasteiger partial charge in [-0.3, -0.25) is 10.1 Å². The summed E-state index contributed by atoms with van der Waals surface area (Å²) in [5.41, 5.74) is -1.13. The Bertz CT molecular complexity index is 817. The Kier molecular flexibility index (Phi) is 5.42. The third-order valence-electron chi connectivity index (χ3n) is 3.55. The summed E-state index contributed by atoms with van der Waals surface area (Å²) in [7, 11) is -4.07. The number of carbonyl (C=O) groups is 1. The molecule has 1 aliphatic heterocycles. The lowest BCUT2D eigenvalue weighted by Crippen LogP contribution is -2.36. The summed E-state index contributed by atoms with van der Waals surface area (Å²) < 4.78 is 33.6. The van der Waals surface area contributed by atoms with E-state index in [0.717, 1.165) is 12.1 Å². The van der Waals surface area contributed by atoms with E-state index in [-0.39, 0.29) is 17.2 Å². The minimum atomic E-state index is -4.07. The fraction of sp³-hybridized carbons (Fsp3) is 0.533. The van der Waals surface area contributed by atoms with E-state index >= 15 is 0 Å². The standard InChI is InChI=1S/C15H21N3O7S/c1-15(2,3)25-14(19)17-7-6-10(9-17)24-13-5-4-11(26(16,22)23)8-12(13)18(20)21/h4-5,8,10H,6-7,9H2,1-3H3,(H2,16,22,23)/t10-/m1/s1. The molecule has 1 aromatic carbocycles. The fourth-order valence-corrected chi connectivity index (χ4v) is 2.95. The van der Waals surface area contributed by atoms with Gasteiger partial charge in [-0.1, -0.05) is 0 Å². The van der Waals surface area contributed by atoms with Crippen LogP contribution in [-0.4, -0.2) is 49.1 Å². The first-order chi connectivity index (χ1) is 11.9. The predicted molar refractivity (Wildman–Crippen MR) is 91.3 cm³/mol. The summed E-state index contributed by atoms with van der Waals surface area (Å²) in [6.45, 7) is 5.87. The van der Waals surface area contributed by atoms with Crippen molar-refractivity contribution in [3.8, 4) is 5.75 Å². The second-order valence-electron chi connectivity index (χ2n) is 6.89. The zero-order valence-corrected chi connectivity index (χ0v) is 15.5. The van der Waals surface area contributed by atoms with Crippen LogP contribution in [0.2, 0.25) is 0 Å². The van der Waals surface area contributed by atoms with Crippen LogP contribution in [0.4, 0.5) is 10.5 Å². The molecule has 0 aliphatic carbocycles. The first kappa shape index (κ1) is 19.9. The number of primary sulfonamides is 1. The Morgan fingerprint density at radius 2 is 2.04 bits per heavy atom. The maximum Gasteiger partial charge on any atom is 0.410 e. The van der Waals surface area contributed by atoms with Gasteiger partial charge in [0.1, 0.15) is 11.7 Å². The lowest BCUT2D eigenvalue weighted by atomic mass is 10.2. The number of nitro benzene ring substituents is 1. The lowest BCUT2D eigenvalue weighted by molar-refractivity contribution is -0.386. The molecule has 26 heavy (non-hydrogen) atoms. The smallest absolute Gasteiger partial charge is 0.410 e. The van der Waals surface area contributed by atoms with Gasteiger partial charge >= 0.3 is 11.8 Å². The average molecular weight is 387 g/mol. The van der Waals surface area contributed by atoms with Crippen LogP contribution in [0.15, 0.2) is 23.1 Å². The molecule has 144 valence electrons. The van der Waals surface area contributed by atoms with Crippen molar-refractivity contribution in [2.75, 3.05) is 13.1 Å². The molecule has 2 N–H and O–H groups in total. The number of sulfonamides is 1. The van der Waals surface area contributed by atoms with E-state index in [1.54, 1.807) is 20.8 Å². The number of carbonyl (C=O) groups excluding carboxylic acids is 1. The molecular formula is C15H21N3O7S. The molecule has 1 aliphatic rings. The van der Waals surface area contributed by atoms with Crippen LogP contribution in [0.5, 0.6) is 5.75 Å². The van der Waals surface area contributed by atoms with Gasteiger partial charge in [-0.2, -0.15) is 0 Å². The number of hydrogen-bond acceptors (Lipinski definition) is 7. The Morgan fingerprint density at radius 1 is 1.38 bits per heavy atom. The Balaban J connectivity index is 2.12. The zero-order valence-electron chi connectivity index (χ0n) is 14.7. The highest BCUT2D eigenvalue weighted by atomic mass is 32.2. The summed E-state index contributed by atoms with van der Waals surface area (Å²) >= 11 is 0. The Hall–Kier alpha value is -2.40. The van der Waals surface area contributed by atoms with Gasteiger partial charge in [0.25, 0.3) is 0 Å². The predicted octanol–water partition coefficient (Wildman–Crippen LogP) is 1.63. The first-order valence-electron chi connectivity index (χ1n) is 7.82. The average Bonchev–Trinajstić information content (AvgIpc) is 2.93. The van der Waals surface area contributed by atoms with E-state index in [4.69, 9.17) is 14.6 Å². The van der Waals surface area contributed by atoms with Crippen molar-refractivity contribution in [3.05, 3.63) is 28.3 Å². The van der Waals surface area contributed by atoms with Crippen molar-refractivity contribution in [3.63, 3.8) is 0 Å². The first-order valence-corrected chi connectivity index (χ1v) is 9.37. The van der Waals surface area contributed by atoms with E-state index in [2.05, 4.69) is 0 Å². The van der Waals surface area contributed by atoms with Crippen LogP contribution in [0.25, 0.3) is 0 Å². The highest BCUT2D eigenvalue weighted by Crippen LogP contribution is 2.31. The van der Waals surface area contributed by atoms with Crippen molar-refractivity contribution in [1.29, 1.82) is 0 Å². The van der Waals surface area contributed by atoms with Gasteiger partial charge in [0.15, 0.2) is 5.75 Å². The van der Waals surface area contributed by atoms with Crippen LogP contribution in [0.3, 0.4) is 0 Å². The molecule has 1 saturated heterocycles. The molecule has 1 fully saturated rings. The normalized spacial score (nSPS) is 17.8. The van der Waals surface area contributed by atoms with E-state index in [1.165, 1.54) is 11.0 Å². The Labute approximate surface area is 151 Å². The van der Waals surface area contributed by atoms with Gasteiger partial charge in [-0.25, -0.2) is 18.4 Å². The van der Waals surface area contributed by atoms with Gasteiger partial charge in [-0.15, -0.1) is 0 Å². The largest absolute Gasteiger partial charge is 0.482 e. The maximum absolute atomic E-state index is 12.0. The molecule has 0 aromatic heterocycles. The zero-order chi connectivity index (χ0) is 19.7. The number of amides is 1. The van der Waals surface area contributed by atoms with Crippen LogP contribution in [0.1, 0.15) is 27.2 Å². The topological polar surface area (TPSA) is 142 Å². The number of ether oxygens (including phenoxy) is 2. The Morgan fingerprint density at radius 3 is 2.58 bits per heavy atom. The van der Waals surface area contributed by atoms with Gasteiger partial charge in [0.2, 0.25) is 10.0 Å². The quantitative estimate of drug-likeness (QED) is 0.611. The third kappa shape index (κ3) is 5.05. The summed E-state index contributed by atoms with van der Waals surface area (Å²) in [6, 6.07) is 3.18. The van der Waals surface area contributed by atoms with Gasteiger partial charge in [0, 0.05) is 19.0 Å².